The Morgan fingerprint density at radius 1 is 1.16 bits per heavy atom. The van der Waals surface area contributed by atoms with Gasteiger partial charge in [-0.2, -0.15) is 0 Å². The molecule has 1 aliphatic carbocycles. The lowest BCUT2D eigenvalue weighted by Crippen LogP contribution is -2.37. The highest BCUT2D eigenvalue weighted by Gasteiger charge is 2.29. The number of para-hydroxylation sites is 1. The molecule has 0 bridgehead atoms. The number of rotatable bonds is 8. The second-order valence-corrected chi connectivity index (χ2v) is 9.67. The van der Waals surface area contributed by atoms with E-state index < -0.39 is 6.09 Å². The molecule has 1 aromatic heterocycles. The van der Waals surface area contributed by atoms with Crippen LogP contribution in [0.4, 0.5) is 4.79 Å². The number of nitrogens with one attached hydrogen (secondary N) is 2. The zero-order valence-electron chi connectivity index (χ0n) is 20.8. The minimum atomic E-state index is -0.903. The number of aromatic amines is 1. The lowest BCUT2D eigenvalue weighted by molar-refractivity contribution is -0.198. The summed E-state index contributed by atoms with van der Waals surface area (Å²) in [6.07, 6.45) is 9.92. The molecule has 0 saturated carbocycles. The van der Waals surface area contributed by atoms with Gasteiger partial charge < -0.3 is 19.7 Å². The number of nitrogens with zero attached hydrogens (tertiary/aromatic N) is 1. The van der Waals surface area contributed by atoms with E-state index in [1.54, 1.807) is 11.0 Å². The minimum Gasteiger partial charge on any atom is -0.465 e. The fourth-order valence-electron chi connectivity index (χ4n) is 5.33. The number of carbonyl (C=O) groups is 2. The zero-order valence-corrected chi connectivity index (χ0v) is 20.8. The van der Waals surface area contributed by atoms with Gasteiger partial charge in [0, 0.05) is 42.7 Å². The molecule has 37 heavy (non-hydrogen) atoms. The zero-order chi connectivity index (χ0) is 25.6. The maximum Gasteiger partial charge on any atom is 0.407 e. The van der Waals surface area contributed by atoms with Crippen molar-refractivity contribution >= 4 is 29.0 Å². The Kier molecular flexibility index (Phi) is 7.87. The summed E-state index contributed by atoms with van der Waals surface area (Å²) in [6, 6.07) is 13.9. The quantitative estimate of drug-likeness (QED) is 0.284. The second-order valence-electron chi connectivity index (χ2n) is 9.67. The van der Waals surface area contributed by atoms with Crippen molar-refractivity contribution in [1.82, 2.24) is 15.4 Å². The van der Waals surface area contributed by atoms with Gasteiger partial charge in [0.15, 0.2) is 6.29 Å². The second kappa shape index (κ2) is 11.6. The van der Waals surface area contributed by atoms with Crippen LogP contribution in [0.5, 0.6) is 0 Å². The van der Waals surface area contributed by atoms with E-state index >= 15 is 0 Å². The normalized spacial score (nSPS) is 19.6. The number of amides is 2. The lowest BCUT2D eigenvalue weighted by Gasteiger charge is -2.34. The molecule has 2 amide bonds. The SMILES string of the molecule is O=C(C=Cc1ccc2c(c1)CCCC2N(CCc1c[nH]c2ccccc12)C(=O)O)NOC1CCCCO1. The third kappa shape index (κ3) is 6.03. The van der Waals surface area contributed by atoms with Crippen molar-refractivity contribution in [1.29, 1.82) is 0 Å². The number of aromatic nitrogens is 1. The first-order chi connectivity index (χ1) is 18.1. The summed E-state index contributed by atoms with van der Waals surface area (Å²) in [6.45, 7) is 1.07. The van der Waals surface area contributed by atoms with Gasteiger partial charge in [0.2, 0.25) is 0 Å². The van der Waals surface area contributed by atoms with Crippen molar-refractivity contribution in [2.45, 2.75) is 57.3 Å². The van der Waals surface area contributed by atoms with Gasteiger partial charge in [-0.25, -0.2) is 15.1 Å². The maximum atomic E-state index is 12.3. The molecule has 8 nitrogen and oxygen atoms in total. The Labute approximate surface area is 216 Å². The molecule has 3 N–H and O–H groups in total. The van der Waals surface area contributed by atoms with Crippen LogP contribution < -0.4 is 5.48 Å². The first-order valence-corrected chi connectivity index (χ1v) is 13.0. The molecule has 2 atom stereocenters. The predicted molar refractivity (Wildman–Crippen MR) is 141 cm³/mol. The van der Waals surface area contributed by atoms with Crippen LogP contribution in [-0.2, 0) is 27.2 Å². The van der Waals surface area contributed by atoms with Gasteiger partial charge in [0.1, 0.15) is 0 Å². The Balaban J connectivity index is 1.24. The number of hydroxylamine groups is 1. The molecule has 3 aromatic rings. The first kappa shape index (κ1) is 25.0. The first-order valence-electron chi connectivity index (χ1n) is 13.0. The topological polar surface area (TPSA) is 104 Å². The molecule has 2 aliphatic rings. The summed E-state index contributed by atoms with van der Waals surface area (Å²) in [5.41, 5.74) is 7.68. The molecule has 2 unspecified atom stereocenters. The molecule has 0 radical (unpaired) electrons. The number of aryl methyl sites for hydroxylation is 1. The standard InChI is InChI=1S/C29H33N3O5/c33-27(31-37-28-10-3-4-17-36-28)14-12-20-11-13-24-21(18-20)6-5-9-26(24)32(29(34)35)16-15-22-19-30-25-8-2-1-7-23(22)25/h1-2,7-8,11-14,18-19,26,28,30H,3-6,9-10,15-17H2,(H,31,33)(H,34,35). The van der Waals surface area contributed by atoms with Crippen molar-refractivity contribution in [3.63, 3.8) is 0 Å². The highest BCUT2D eigenvalue weighted by atomic mass is 16.8. The lowest BCUT2D eigenvalue weighted by atomic mass is 9.85. The molecule has 1 aliphatic heterocycles. The van der Waals surface area contributed by atoms with Gasteiger partial charge >= 0.3 is 6.09 Å². The van der Waals surface area contributed by atoms with E-state index in [9.17, 15) is 14.7 Å². The van der Waals surface area contributed by atoms with Gasteiger partial charge in [0.25, 0.3) is 5.91 Å². The Bertz CT molecular complexity index is 1280. The molecular weight excluding hydrogens is 470 g/mol. The number of carbonyl (C=O) groups excluding carboxylic acids is 1. The predicted octanol–water partition coefficient (Wildman–Crippen LogP) is 5.36. The third-order valence-electron chi connectivity index (χ3n) is 7.22. The van der Waals surface area contributed by atoms with E-state index in [0.29, 0.717) is 19.6 Å². The van der Waals surface area contributed by atoms with E-state index in [1.165, 1.54) is 6.08 Å². The van der Waals surface area contributed by atoms with E-state index in [1.807, 2.05) is 36.5 Å². The number of hydrogen-bond donors (Lipinski definition) is 3. The number of benzene rings is 2. The molecule has 194 valence electrons. The van der Waals surface area contributed by atoms with Crippen LogP contribution in [-0.4, -0.2) is 46.4 Å². The van der Waals surface area contributed by atoms with Crippen LogP contribution in [0.2, 0.25) is 0 Å². The Morgan fingerprint density at radius 3 is 2.89 bits per heavy atom. The van der Waals surface area contributed by atoms with Crippen molar-refractivity contribution in [3.05, 3.63) is 77.0 Å². The molecule has 1 fully saturated rings. The van der Waals surface area contributed by atoms with Crippen LogP contribution in [0.25, 0.3) is 17.0 Å². The molecule has 1 saturated heterocycles. The molecule has 5 rings (SSSR count). The number of carboxylic acid groups (broad SMARTS) is 1. The van der Waals surface area contributed by atoms with Crippen molar-refractivity contribution in [3.8, 4) is 0 Å². The number of ether oxygens (including phenoxy) is 1. The van der Waals surface area contributed by atoms with Crippen LogP contribution >= 0.6 is 0 Å². The highest BCUT2D eigenvalue weighted by Crippen LogP contribution is 2.35. The van der Waals surface area contributed by atoms with Gasteiger partial charge in [-0.3, -0.25) is 4.79 Å². The fraction of sp³-hybridized carbons (Fsp3) is 0.379. The molecule has 8 heteroatoms. The summed E-state index contributed by atoms with van der Waals surface area (Å²) < 4.78 is 5.45. The average Bonchev–Trinajstić information content (AvgIpc) is 3.34. The third-order valence-corrected chi connectivity index (χ3v) is 7.22. The maximum absolute atomic E-state index is 12.3. The van der Waals surface area contributed by atoms with Crippen molar-refractivity contribution < 1.29 is 24.3 Å². The summed E-state index contributed by atoms with van der Waals surface area (Å²) in [7, 11) is 0. The van der Waals surface area contributed by atoms with E-state index in [-0.39, 0.29) is 18.2 Å². The van der Waals surface area contributed by atoms with Crippen molar-refractivity contribution in [2.75, 3.05) is 13.2 Å². The number of fused-ring (bicyclic) bond motifs is 2. The molecular formula is C29H33N3O5. The number of H-pyrrole nitrogens is 1. The summed E-state index contributed by atoms with van der Waals surface area (Å²) in [5, 5.41) is 11.2. The van der Waals surface area contributed by atoms with Gasteiger partial charge in [-0.05, 0) is 72.9 Å². The van der Waals surface area contributed by atoms with Crippen molar-refractivity contribution in [2.24, 2.45) is 0 Å². The highest BCUT2D eigenvalue weighted by molar-refractivity contribution is 5.91. The van der Waals surface area contributed by atoms with Gasteiger partial charge in [0.05, 0.1) is 6.04 Å². The fourth-order valence-corrected chi connectivity index (χ4v) is 5.33. The molecule has 2 aromatic carbocycles. The largest absolute Gasteiger partial charge is 0.465 e. The van der Waals surface area contributed by atoms with E-state index in [2.05, 4.69) is 22.6 Å². The average molecular weight is 504 g/mol. The van der Waals surface area contributed by atoms with Gasteiger partial charge in [-0.1, -0.05) is 36.4 Å². The molecule has 0 spiro atoms. The Hall–Kier alpha value is -3.62. The smallest absolute Gasteiger partial charge is 0.407 e. The van der Waals surface area contributed by atoms with Crippen LogP contribution in [0.1, 0.15) is 60.4 Å². The summed E-state index contributed by atoms with van der Waals surface area (Å²) >= 11 is 0. The van der Waals surface area contributed by atoms with Crippen LogP contribution in [0, 0.1) is 0 Å². The summed E-state index contributed by atoms with van der Waals surface area (Å²) in [4.78, 5) is 34.6. The van der Waals surface area contributed by atoms with E-state index in [0.717, 1.165) is 71.7 Å². The number of hydrogen-bond acceptors (Lipinski definition) is 4. The Morgan fingerprint density at radius 2 is 2.05 bits per heavy atom. The monoisotopic (exact) mass is 503 g/mol. The van der Waals surface area contributed by atoms with Crippen LogP contribution in [0.15, 0.2) is 54.7 Å². The van der Waals surface area contributed by atoms with Gasteiger partial charge in [-0.15, -0.1) is 0 Å². The van der Waals surface area contributed by atoms with Crippen LogP contribution in [0.3, 0.4) is 0 Å². The minimum absolute atomic E-state index is 0.184. The van der Waals surface area contributed by atoms with E-state index in [4.69, 9.17) is 9.57 Å². The summed E-state index contributed by atoms with van der Waals surface area (Å²) in [5.74, 6) is -0.348. The molecule has 2 heterocycles.